The molecule has 0 aromatic carbocycles. The molecular formula is C8H11NOS. The van der Waals surface area contributed by atoms with Crippen LogP contribution in [0.4, 0.5) is 0 Å². The van der Waals surface area contributed by atoms with Crippen molar-refractivity contribution in [1.29, 1.82) is 0 Å². The molecule has 1 rings (SSSR count). The fourth-order valence-corrected chi connectivity index (χ4v) is 1.20. The van der Waals surface area contributed by atoms with Crippen LogP contribution in [-0.2, 0) is 6.42 Å². The van der Waals surface area contributed by atoms with Gasteiger partial charge in [-0.05, 0) is 12.5 Å². The van der Waals surface area contributed by atoms with Crippen LogP contribution in [-0.4, -0.2) is 4.99 Å². The third kappa shape index (κ3) is 1.80. The number of hydrogen-bond donors (Lipinski definition) is 1. The number of nitrogens with two attached hydrogens (primary N) is 1. The lowest BCUT2D eigenvalue weighted by molar-refractivity contribution is 0.554. The Morgan fingerprint density at radius 2 is 2.45 bits per heavy atom. The molecule has 0 aliphatic rings. The standard InChI is InChI=1S/C8H11NOS/c1-2-3-6-4-5-10-7(6)8(9)11/h4-5H,2-3H2,1H3,(H2,9,11). The first-order chi connectivity index (χ1) is 5.25. The van der Waals surface area contributed by atoms with Crippen LogP contribution in [0.3, 0.4) is 0 Å². The maximum Gasteiger partial charge on any atom is 0.163 e. The third-order valence-electron chi connectivity index (χ3n) is 1.49. The van der Waals surface area contributed by atoms with Gasteiger partial charge in [-0.25, -0.2) is 0 Å². The van der Waals surface area contributed by atoms with Crippen LogP contribution in [0, 0.1) is 0 Å². The Labute approximate surface area is 71.4 Å². The zero-order valence-corrected chi connectivity index (χ0v) is 7.28. The van der Waals surface area contributed by atoms with Crippen molar-refractivity contribution in [2.45, 2.75) is 19.8 Å². The van der Waals surface area contributed by atoms with Gasteiger partial charge in [-0.3, -0.25) is 0 Å². The Morgan fingerprint density at radius 3 is 3.00 bits per heavy atom. The van der Waals surface area contributed by atoms with Gasteiger partial charge in [-0.15, -0.1) is 0 Å². The van der Waals surface area contributed by atoms with Gasteiger partial charge >= 0.3 is 0 Å². The summed E-state index contributed by atoms with van der Waals surface area (Å²) in [6, 6.07) is 1.91. The van der Waals surface area contributed by atoms with Crippen molar-refractivity contribution in [2.24, 2.45) is 5.73 Å². The van der Waals surface area contributed by atoms with Crippen molar-refractivity contribution in [3.05, 3.63) is 23.7 Å². The molecule has 2 nitrogen and oxygen atoms in total. The van der Waals surface area contributed by atoms with Gasteiger partial charge in [0.05, 0.1) is 6.26 Å². The second kappa shape index (κ2) is 3.53. The van der Waals surface area contributed by atoms with Crippen molar-refractivity contribution in [3.8, 4) is 0 Å². The molecule has 0 amide bonds. The van der Waals surface area contributed by atoms with Crippen LogP contribution in [0.5, 0.6) is 0 Å². The molecule has 1 aromatic heterocycles. The van der Waals surface area contributed by atoms with Gasteiger partial charge in [0.25, 0.3) is 0 Å². The normalized spacial score (nSPS) is 9.91. The minimum absolute atomic E-state index is 0.346. The second-order valence-electron chi connectivity index (χ2n) is 2.39. The van der Waals surface area contributed by atoms with Crippen LogP contribution < -0.4 is 5.73 Å². The summed E-state index contributed by atoms with van der Waals surface area (Å²) >= 11 is 4.80. The van der Waals surface area contributed by atoms with E-state index in [2.05, 4.69) is 6.92 Å². The van der Waals surface area contributed by atoms with Gasteiger partial charge in [0.2, 0.25) is 0 Å². The van der Waals surface area contributed by atoms with Crippen molar-refractivity contribution >= 4 is 17.2 Å². The molecule has 1 heterocycles. The van der Waals surface area contributed by atoms with E-state index in [1.807, 2.05) is 6.07 Å². The molecular weight excluding hydrogens is 158 g/mol. The summed E-state index contributed by atoms with van der Waals surface area (Å²) < 4.78 is 5.11. The van der Waals surface area contributed by atoms with Crippen LogP contribution in [0.15, 0.2) is 16.7 Å². The van der Waals surface area contributed by atoms with Crippen LogP contribution in [0.25, 0.3) is 0 Å². The van der Waals surface area contributed by atoms with Gasteiger partial charge in [0.15, 0.2) is 5.76 Å². The van der Waals surface area contributed by atoms with Crippen molar-refractivity contribution in [2.75, 3.05) is 0 Å². The van der Waals surface area contributed by atoms with E-state index >= 15 is 0 Å². The third-order valence-corrected chi connectivity index (χ3v) is 1.68. The van der Waals surface area contributed by atoms with E-state index in [-0.39, 0.29) is 0 Å². The summed E-state index contributed by atoms with van der Waals surface area (Å²) in [5, 5.41) is 0. The highest BCUT2D eigenvalue weighted by molar-refractivity contribution is 7.80. The number of rotatable bonds is 3. The molecule has 0 aliphatic heterocycles. The Hall–Kier alpha value is -0.830. The lowest BCUT2D eigenvalue weighted by Gasteiger charge is -1.96. The number of furan rings is 1. The van der Waals surface area contributed by atoms with Gasteiger partial charge in [0.1, 0.15) is 4.99 Å². The first kappa shape index (κ1) is 8.27. The lowest BCUT2D eigenvalue weighted by atomic mass is 10.1. The van der Waals surface area contributed by atoms with Gasteiger partial charge in [-0.1, -0.05) is 25.6 Å². The number of hydrogen-bond acceptors (Lipinski definition) is 2. The molecule has 0 unspecified atom stereocenters. The van der Waals surface area contributed by atoms with Crippen LogP contribution in [0.2, 0.25) is 0 Å². The molecule has 0 fully saturated rings. The van der Waals surface area contributed by atoms with E-state index in [1.165, 1.54) is 0 Å². The van der Waals surface area contributed by atoms with Crippen molar-refractivity contribution < 1.29 is 4.42 Å². The van der Waals surface area contributed by atoms with E-state index in [1.54, 1.807) is 6.26 Å². The van der Waals surface area contributed by atoms with E-state index < -0.39 is 0 Å². The van der Waals surface area contributed by atoms with E-state index in [0.29, 0.717) is 10.7 Å². The average Bonchev–Trinajstić information content (AvgIpc) is 2.36. The number of aryl methyl sites for hydroxylation is 1. The van der Waals surface area contributed by atoms with E-state index in [4.69, 9.17) is 22.4 Å². The highest BCUT2D eigenvalue weighted by atomic mass is 32.1. The minimum atomic E-state index is 0.346. The predicted octanol–water partition coefficient (Wildman–Crippen LogP) is 1.87. The minimum Gasteiger partial charge on any atom is -0.462 e. The molecule has 0 saturated carbocycles. The van der Waals surface area contributed by atoms with Gasteiger partial charge < -0.3 is 10.2 Å². The molecule has 3 heteroatoms. The summed E-state index contributed by atoms with van der Waals surface area (Å²) in [5.41, 5.74) is 6.54. The molecule has 0 saturated heterocycles. The molecule has 2 N–H and O–H groups in total. The Kier molecular flexibility index (Phi) is 2.65. The first-order valence-electron chi connectivity index (χ1n) is 3.62. The first-order valence-corrected chi connectivity index (χ1v) is 4.02. The number of thiocarbonyl (C=S) groups is 1. The van der Waals surface area contributed by atoms with Crippen LogP contribution >= 0.6 is 12.2 Å². The quantitative estimate of drug-likeness (QED) is 0.702. The lowest BCUT2D eigenvalue weighted by Crippen LogP contribution is -2.10. The molecule has 60 valence electrons. The molecule has 11 heavy (non-hydrogen) atoms. The maximum atomic E-state index is 5.43. The zero-order chi connectivity index (χ0) is 8.27. The Morgan fingerprint density at radius 1 is 1.73 bits per heavy atom. The average molecular weight is 169 g/mol. The topological polar surface area (TPSA) is 39.2 Å². The van der Waals surface area contributed by atoms with Crippen LogP contribution in [0.1, 0.15) is 24.7 Å². The van der Waals surface area contributed by atoms with Gasteiger partial charge in [0, 0.05) is 5.56 Å². The Bertz CT molecular complexity index is 254. The van der Waals surface area contributed by atoms with E-state index in [0.717, 1.165) is 18.4 Å². The molecule has 0 aliphatic carbocycles. The highest BCUT2D eigenvalue weighted by Gasteiger charge is 2.06. The fourth-order valence-electron chi connectivity index (χ4n) is 1.02. The largest absolute Gasteiger partial charge is 0.462 e. The van der Waals surface area contributed by atoms with E-state index in [9.17, 15) is 0 Å². The zero-order valence-electron chi connectivity index (χ0n) is 6.46. The second-order valence-corrected chi connectivity index (χ2v) is 2.83. The van der Waals surface area contributed by atoms with Crippen molar-refractivity contribution in [1.82, 2.24) is 0 Å². The fraction of sp³-hybridized carbons (Fsp3) is 0.375. The summed E-state index contributed by atoms with van der Waals surface area (Å²) in [6.07, 6.45) is 3.68. The molecule has 0 spiro atoms. The SMILES string of the molecule is CCCc1ccoc1C(N)=S. The van der Waals surface area contributed by atoms with Gasteiger partial charge in [-0.2, -0.15) is 0 Å². The summed E-state index contributed by atoms with van der Waals surface area (Å²) in [5.74, 6) is 0.668. The highest BCUT2D eigenvalue weighted by Crippen LogP contribution is 2.11. The predicted molar refractivity (Wildman–Crippen MR) is 48.6 cm³/mol. The summed E-state index contributed by atoms with van der Waals surface area (Å²) in [6.45, 7) is 2.11. The van der Waals surface area contributed by atoms with Crippen molar-refractivity contribution in [3.63, 3.8) is 0 Å². The molecule has 0 radical (unpaired) electrons. The monoisotopic (exact) mass is 169 g/mol. The molecule has 1 aromatic rings. The smallest absolute Gasteiger partial charge is 0.163 e. The molecule has 0 bridgehead atoms. The Balaban J connectivity index is 2.87. The summed E-state index contributed by atoms with van der Waals surface area (Å²) in [4.78, 5) is 0.346. The summed E-state index contributed by atoms with van der Waals surface area (Å²) in [7, 11) is 0. The molecule has 0 atom stereocenters. The maximum absolute atomic E-state index is 5.43.